The number of nitrogens with one attached hydrogen (secondary N) is 3. The van der Waals surface area contributed by atoms with E-state index in [9.17, 15) is 52.7 Å². The van der Waals surface area contributed by atoms with Crippen LogP contribution in [0.3, 0.4) is 0 Å². The van der Waals surface area contributed by atoms with Gasteiger partial charge in [0, 0.05) is 93.9 Å². The number of piperidine rings is 1. The third-order valence-corrected chi connectivity index (χ3v) is 18.4. The quantitative estimate of drug-likeness (QED) is 0.0313. The molecular formula is C74H123N11O13. The van der Waals surface area contributed by atoms with E-state index in [0.717, 1.165) is 19.3 Å². The zero-order chi connectivity index (χ0) is 74.1. The molecule has 0 radical (unpaired) electrons. The van der Waals surface area contributed by atoms with Gasteiger partial charge in [-0.3, -0.25) is 52.7 Å². The second-order valence-electron chi connectivity index (χ2n) is 27.7. The van der Waals surface area contributed by atoms with E-state index >= 15 is 0 Å². The van der Waals surface area contributed by atoms with E-state index in [2.05, 4.69) is 22.5 Å². The van der Waals surface area contributed by atoms with Crippen molar-refractivity contribution < 1.29 is 62.2 Å². The van der Waals surface area contributed by atoms with Gasteiger partial charge in [0.05, 0.1) is 38.0 Å². The van der Waals surface area contributed by atoms with E-state index < -0.39 is 107 Å². The molecule has 3 N–H and O–H groups in total. The lowest BCUT2D eigenvalue weighted by Crippen LogP contribution is -2.59. The van der Waals surface area contributed by atoms with Gasteiger partial charge in [-0.2, -0.15) is 0 Å². The highest BCUT2D eigenvalue weighted by Crippen LogP contribution is 2.28. The van der Waals surface area contributed by atoms with Gasteiger partial charge in [0.25, 0.3) is 0 Å². The van der Waals surface area contributed by atoms with Crippen LogP contribution in [0, 0.1) is 11.8 Å². The van der Waals surface area contributed by atoms with Crippen LogP contribution >= 0.6 is 0 Å². The Morgan fingerprint density at radius 3 is 1.91 bits per heavy atom. The number of carbonyl (C=O) groups excluding carboxylic acids is 11. The zero-order valence-corrected chi connectivity index (χ0v) is 62.9. The SMILES string of the molecule is C=C/C=C\C=C\CC(C(=O)N(C)[C@H]1CC(C)N(C(C)COC(C)(C)C)C1=O)N(C)C(=O)C(NC(=O)C(CCC)N(C)C(=O)CCCN(C)C(=O)C[C@H](NC(=O)C(CC(C)C)N(C)C(=O)C(CCC(=C/C=C/C(=O)NC)/C=C/OC)N(C)C(=O)CCC)C(=O)N1CCCCC1)[C@@H](C)CC. The summed E-state index contributed by atoms with van der Waals surface area (Å²) >= 11 is 0. The lowest BCUT2D eigenvalue weighted by molar-refractivity contribution is -0.150. The third kappa shape index (κ3) is 27.6. The Labute approximate surface area is 586 Å². The van der Waals surface area contributed by atoms with Crippen molar-refractivity contribution in [2.45, 2.75) is 239 Å². The number of hydrogen-bond acceptors (Lipinski definition) is 13. The second-order valence-corrected chi connectivity index (χ2v) is 27.7. The van der Waals surface area contributed by atoms with Gasteiger partial charge in [0.1, 0.15) is 42.3 Å². The van der Waals surface area contributed by atoms with Gasteiger partial charge in [-0.25, -0.2) is 0 Å². The van der Waals surface area contributed by atoms with Crippen LogP contribution in [-0.4, -0.2) is 247 Å². The zero-order valence-electron chi connectivity index (χ0n) is 62.9. The molecule has 24 nitrogen and oxygen atoms in total. The molecule has 0 aromatic heterocycles. The standard InChI is InChI=1S/C74H123N11O13/c1-21-25-26-27-29-37-58(70(93)83(19)61-48-53(8)85(72(61)95)54(9)50-98-74(10,11)12)81(17)73(96)66(52(7)24-4)77-67(90)57(34-22-2)79(15)64(88)39-33-43-78(14)65(89)49-56(69(92)84-44-30-28-31-45-84)76-68(91)60(47-51(5)6)82(18)71(94)59(80(16)63(87)35-23-3)41-40-55(42-46-97-20)36-32-38-62(86)75-13/h21,25-27,29,32,36,38,42,46,51-54,56-61,66H,1,22-24,28,30-31,33-35,37,39-41,43-45,47-50H2,2-20H3,(H,75,86)(H,76,91)(H,77,90)/b26-25-,29-27+,38-32+,46-42+,55-36-/t52-,53?,54?,56-,57?,58?,59?,60?,61-,66?/m0/s1. The second kappa shape index (κ2) is 43.7. The van der Waals surface area contributed by atoms with E-state index in [1.807, 2.05) is 76.2 Å². The molecule has 0 spiro atoms. The third-order valence-electron chi connectivity index (χ3n) is 18.4. The van der Waals surface area contributed by atoms with Crippen LogP contribution in [0.5, 0.6) is 0 Å². The van der Waals surface area contributed by atoms with Gasteiger partial charge in [-0.15, -0.1) is 0 Å². The Morgan fingerprint density at radius 2 is 1.33 bits per heavy atom. The molecule has 2 saturated heterocycles. The van der Waals surface area contributed by atoms with E-state index in [1.165, 1.54) is 77.0 Å². The van der Waals surface area contributed by atoms with E-state index in [1.54, 1.807) is 79.6 Å². The smallest absolute Gasteiger partial charge is 0.246 e. The molecule has 0 aromatic rings. The molecule has 10 atom stereocenters. The molecule has 2 heterocycles. The van der Waals surface area contributed by atoms with Crippen LogP contribution in [0.25, 0.3) is 0 Å². The average molecular weight is 1370 g/mol. The van der Waals surface area contributed by atoms with Crippen molar-refractivity contribution >= 4 is 65.0 Å². The molecule has 552 valence electrons. The first-order chi connectivity index (χ1) is 46.2. The van der Waals surface area contributed by atoms with Crippen molar-refractivity contribution in [3.05, 3.63) is 73.1 Å². The van der Waals surface area contributed by atoms with Crippen LogP contribution < -0.4 is 16.0 Å². The van der Waals surface area contributed by atoms with Gasteiger partial charge in [-0.1, -0.05) is 103 Å². The molecule has 2 rings (SSSR count). The number of ether oxygens (including phenoxy) is 2. The molecule has 7 unspecified atom stereocenters. The number of hydrogen-bond donors (Lipinski definition) is 3. The Bertz CT molecular complexity index is 2800. The highest BCUT2D eigenvalue weighted by Gasteiger charge is 2.46. The number of allylic oxidation sites excluding steroid dienone is 8. The van der Waals surface area contributed by atoms with E-state index in [0.29, 0.717) is 51.0 Å². The average Bonchev–Trinajstić information content (AvgIpc) is 1.59. The lowest BCUT2D eigenvalue weighted by Gasteiger charge is -2.36. The number of methoxy groups -OCH3 is 1. The minimum absolute atomic E-state index is 0.0743. The summed E-state index contributed by atoms with van der Waals surface area (Å²) in [7, 11) is 12.2. The van der Waals surface area contributed by atoms with Crippen LogP contribution in [0.4, 0.5) is 0 Å². The van der Waals surface area contributed by atoms with E-state index in [4.69, 9.17) is 9.47 Å². The summed E-state index contributed by atoms with van der Waals surface area (Å²) in [6.07, 6.45) is 21.5. The summed E-state index contributed by atoms with van der Waals surface area (Å²) in [4.78, 5) is 168. The minimum Gasteiger partial charge on any atom is -0.504 e. The highest BCUT2D eigenvalue weighted by molar-refractivity contribution is 5.98. The molecule has 0 saturated carbocycles. The molecule has 2 aliphatic heterocycles. The topological polar surface area (TPSA) is 268 Å². The molecule has 0 aromatic carbocycles. The highest BCUT2D eigenvalue weighted by atomic mass is 16.5. The Morgan fingerprint density at radius 1 is 0.704 bits per heavy atom. The van der Waals surface area contributed by atoms with Gasteiger partial charge in [0.15, 0.2) is 0 Å². The molecule has 11 amide bonds. The maximum Gasteiger partial charge on any atom is 0.246 e. The first-order valence-electron chi connectivity index (χ1n) is 35.3. The number of carbonyl (C=O) groups is 11. The maximum absolute atomic E-state index is 14.9. The van der Waals surface area contributed by atoms with Gasteiger partial charge in [-0.05, 0) is 129 Å². The van der Waals surface area contributed by atoms with Crippen LogP contribution in [0.15, 0.2) is 73.1 Å². The van der Waals surface area contributed by atoms with Crippen molar-refractivity contribution in [1.29, 1.82) is 0 Å². The van der Waals surface area contributed by atoms with Crippen LogP contribution in [-0.2, 0) is 62.2 Å². The largest absolute Gasteiger partial charge is 0.504 e. The minimum atomic E-state index is -1.31. The van der Waals surface area contributed by atoms with Gasteiger partial charge in [0.2, 0.25) is 65.0 Å². The van der Waals surface area contributed by atoms with Crippen molar-refractivity contribution in [2.75, 3.05) is 82.7 Å². The number of rotatable bonds is 41. The van der Waals surface area contributed by atoms with Crippen molar-refractivity contribution in [1.82, 2.24) is 55.1 Å². The van der Waals surface area contributed by atoms with Gasteiger partial charge < -0.3 is 64.6 Å². The monoisotopic (exact) mass is 1370 g/mol. The fraction of sp³-hybridized carbons (Fsp3) is 0.689. The predicted molar refractivity (Wildman–Crippen MR) is 383 cm³/mol. The first kappa shape index (κ1) is 86.5. The van der Waals surface area contributed by atoms with Crippen molar-refractivity contribution in [2.24, 2.45) is 11.8 Å². The molecule has 0 bridgehead atoms. The van der Waals surface area contributed by atoms with Gasteiger partial charge >= 0.3 is 0 Å². The number of likely N-dealkylation sites (N-methyl/N-ethyl adjacent to an activating group) is 6. The first-order valence-corrected chi connectivity index (χ1v) is 35.3. The fourth-order valence-corrected chi connectivity index (χ4v) is 12.1. The summed E-state index contributed by atoms with van der Waals surface area (Å²) in [6.45, 7) is 26.0. The summed E-state index contributed by atoms with van der Waals surface area (Å²) in [5, 5.41) is 8.39. The maximum atomic E-state index is 14.9. The van der Waals surface area contributed by atoms with Crippen LogP contribution in [0.2, 0.25) is 0 Å². The van der Waals surface area contributed by atoms with Crippen molar-refractivity contribution in [3.63, 3.8) is 0 Å². The molecule has 98 heavy (non-hydrogen) atoms. The Hall–Kier alpha value is -7.63. The summed E-state index contributed by atoms with van der Waals surface area (Å²) in [5.41, 5.74) is 0.281. The lowest BCUT2D eigenvalue weighted by atomic mass is 9.95. The molecule has 2 aliphatic rings. The van der Waals surface area contributed by atoms with Crippen LogP contribution in [0.1, 0.15) is 179 Å². The molecule has 2 fully saturated rings. The fourth-order valence-electron chi connectivity index (χ4n) is 12.1. The molecule has 24 heteroatoms. The number of amides is 11. The summed E-state index contributed by atoms with van der Waals surface area (Å²) < 4.78 is 11.2. The molecule has 0 aliphatic carbocycles. The van der Waals surface area contributed by atoms with Crippen molar-refractivity contribution in [3.8, 4) is 0 Å². The predicted octanol–water partition coefficient (Wildman–Crippen LogP) is 7.11. The van der Waals surface area contributed by atoms with E-state index in [-0.39, 0.29) is 93.6 Å². The summed E-state index contributed by atoms with van der Waals surface area (Å²) in [5.74, 6) is -5.30. The molecular weight excluding hydrogens is 1250 g/mol. The Balaban J connectivity index is 2.41. The number of likely N-dealkylation sites (tertiary alicyclic amines) is 2. The number of nitrogens with zero attached hydrogens (tertiary/aromatic N) is 8. The normalized spacial score (nSPS) is 17.8. The Kier molecular flexibility index (Phi) is 38.6. The summed E-state index contributed by atoms with van der Waals surface area (Å²) in [6, 6.07) is -7.84.